The minimum atomic E-state index is -0.614. The molecule has 0 rings (SSSR count). The van der Waals surface area contributed by atoms with E-state index in [0.717, 1.165) is 19.3 Å². The summed E-state index contributed by atoms with van der Waals surface area (Å²) in [6, 6.07) is 0. The number of carboxylic acids is 1. The number of rotatable bonds is 7. The predicted octanol–water partition coefficient (Wildman–Crippen LogP) is 3.81. The molecule has 0 aliphatic heterocycles. The van der Waals surface area contributed by atoms with Crippen molar-refractivity contribution in [3.05, 3.63) is 0 Å². The monoisotopic (exact) mass is 214 g/mol. The molecule has 0 aliphatic rings. The van der Waals surface area contributed by atoms with Crippen LogP contribution in [0.25, 0.3) is 0 Å². The second kappa shape index (κ2) is 6.86. The summed E-state index contributed by atoms with van der Waals surface area (Å²) in [7, 11) is 0. The molecule has 1 N–H and O–H groups in total. The Balaban J connectivity index is 4.77. The number of aliphatic carboxylic acids is 1. The van der Waals surface area contributed by atoms with Gasteiger partial charge in [-0.05, 0) is 17.8 Å². The zero-order valence-corrected chi connectivity index (χ0v) is 10.8. The first-order valence-corrected chi connectivity index (χ1v) is 6.22. The molecule has 0 amide bonds. The van der Waals surface area contributed by atoms with E-state index in [-0.39, 0.29) is 11.8 Å². The van der Waals surface area contributed by atoms with Crippen molar-refractivity contribution in [1.29, 1.82) is 0 Å². The molecule has 0 heterocycles. The maximum atomic E-state index is 11.3. The van der Waals surface area contributed by atoms with Gasteiger partial charge < -0.3 is 5.11 Å². The average Bonchev–Trinajstić information content (AvgIpc) is 2.22. The van der Waals surface area contributed by atoms with E-state index < -0.39 is 5.97 Å². The van der Waals surface area contributed by atoms with Gasteiger partial charge in [0.1, 0.15) is 0 Å². The summed E-state index contributed by atoms with van der Waals surface area (Å²) < 4.78 is 0. The number of carbonyl (C=O) groups is 1. The summed E-state index contributed by atoms with van der Waals surface area (Å²) in [5.41, 5.74) is 0. The maximum absolute atomic E-state index is 11.3. The van der Waals surface area contributed by atoms with Crippen LogP contribution in [0.1, 0.15) is 53.9 Å². The topological polar surface area (TPSA) is 37.3 Å². The fourth-order valence-electron chi connectivity index (χ4n) is 2.42. The molecule has 90 valence electrons. The molecule has 0 aromatic carbocycles. The second-order valence-corrected chi connectivity index (χ2v) is 4.71. The highest BCUT2D eigenvalue weighted by molar-refractivity contribution is 5.70. The highest BCUT2D eigenvalue weighted by Gasteiger charge is 2.33. The number of hydrogen-bond donors (Lipinski definition) is 1. The quantitative estimate of drug-likeness (QED) is 0.699. The smallest absolute Gasteiger partial charge is 0.307 e. The van der Waals surface area contributed by atoms with Crippen LogP contribution in [0.2, 0.25) is 0 Å². The third-order valence-corrected chi connectivity index (χ3v) is 3.85. The van der Waals surface area contributed by atoms with Crippen molar-refractivity contribution in [2.75, 3.05) is 0 Å². The number of hydrogen-bond acceptors (Lipinski definition) is 1. The van der Waals surface area contributed by atoms with Gasteiger partial charge in [-0.3, -0.25) is 4.79 Å². The zero-order valence-electron chi connectivity index (χ0n) is 10.8. The molecule has 0 bridgehead atoms. The van der Waals surface area contributed by atoms with E-state index in [0.29, 0.717) is 11.8 Å². The summed E-state index contributed by atoms with van der Waals surface area (Å²) in [4.78, 5) is 11.3. The third-order valence-electron chi connectivity index (χ3n) is 3.85. The summed E-state index contributed by atoms with van der Waals surface area (Å²) in [6.45, 7) is 10.6. The van der Waals surface area contributed by atoms with Crippen molar-refractivity contribution in [1.82, 2.24) is 0 Å². The Bertz CT molecular complexity index is 189. The van der Waals surface area contributed by atoms with E-state index in [2.05, 4.69) is 34.6 Å². The zero-order chi connectivity index (χ0) is 12.0. The lowest BCUT2D eigenvalue weighted by Crippen LogP contribution is -2.32. The molecular formula is C13H26O2. The van der Waals surface area contributed by atoms with E-state index in [1.807, 2.05) is 0 Å². The maximum Gasteiger partial charge on any atom is 0.307 e. The largest absolute Gasteiger partial charge is 0.481 e. The van der Waals surface area contributed by atoms with Gasteiger partial charge in [0.15, 0.2) is 0 Å². The Labute approximate surface area is 94.1 Å². The first-order chi connectivity index (χ1) is 6.99. The molecule has 0 radical (unpaired) electrons. The van der Waals surface area contributed by atoms with Crippen LogP contribution in [-0.2, 0) is 4.79 Å². The van der Waals surface area contributed by atoms with Crippen molar-refractivity contribution in [3.8, 4) is 0 Å². The fourth-order valence-corrected chi connectivity index (χ4v) is 2.42. The Morgan fingerprint density at radius 3 is 1.73 bits per heavy atom. The van der Waals surface area contributed by atoms with Crippen LogP contribution >= 0.6 is 0 Å². The average molecular weight is 214 g/mol. The van der Waals surface area contributed by atoms with Crippen LogP contribution in [-0.4, -0.2) is 11.1 Å². The number of carboxylic acid groups (broad SMARTS) is 1. The van der Waals surface area contributed by atoms with Crippen LogP contribution in [0, 0.1) is 23.7 Å². The van der Waals surface area contributed by atoms with Gasteiger partial charge in [0, 0.05) is 0 Å². The van der Waals surface area contributed by atoms with Gasteiger partial charge in [-0.15, -0.1) is 0 Å². The molecule has 3 unspecified atom stereocenters. The summed E-state index contributed by atoms with van der Waals surface area (Å²) in [5, 5.41) is 9.32. The fraction of sp³-hybridized carbons (Fsp3) is 0.923. The highest BCUT2D eigenvalue weighted by atomic mass is 16.4. The Hall–Kier alpha value is -0.530. The van der Waals surface area contributed by atoms with E-state index in [9.17, 15) is 9.90 Å². The van der Waals surface area contributed by atoms with Crippen LogP contribution in [0.4, 0.5) is 0 Å². The molecule has 0 aromatic heterocycles. The molecule has 0 spiro atoms. The summed E-state index contributed by atoms with van der Waals surface area (Å²) in [6.07, 6.45) is 2.99. The third kappa shape index (κ3) is 3.84. The van der Waals surface area contributed by atoms with Crippen LogP contribution in [0.15, 0.2) is 0 Å². The van der Waals surface area contributed by atoms with E-state index in [1.54, 1.807) is 0 Å². The molecule has 2 nitrogen and oxygen atoms in total. The van der Waals surface area contributed by atoms with Gasteiger partial charge in [0.05, 0.1) is 5.92 Å². The molecule has 0 saturated carbocycles. The van der Waals surface area contributed by atoms with Crippen LogP contribution in [0.5, 0.6) is 0 Å². The van der Waals surface area contributed by atoms with Crippen molar-refractivity contribution in [2.45, 2.75) is 53.9 Å². The molecule has 2 heteroatoms. The molecule has 0 fully saturated rings. The lowest BCUT2D eigenvalue weighted by Gasteiger charge is -2.31. The van der Waals surface area contributed by atoms with Crippen molar-refractivity contribution < 1.29 is 9.90 Å². The molecule has 4 atom stereocenters. The minimum absolute atomic E-state index is 0.171. The van der Waals surface area contributed by atoms with Crippen molar-refractivity contribution >= 4 is 5.97 Å². The van der Waals surface area contributed by atoms with E-state index >= 15 is 0 Å². The highest BCUT2D eigenvalue weighted by Crippen LogP contribution is 2.33. The standard InChI is InChI=1S/C13H26O2/c1-6-9(4)11(8-3)12(13(14)15)10(5)7-2/h9-12H,6-8H2,1-5H3,(H,14,15)/t9?,10?,11?,12-/m1/s1. The van der Waals surface area contributed by atoms with E-state index in [4.69, 9.17) is 0 Å². The van der Waals surface area contributed by atoms with Gasteiger partial charge in [-0.2, -0.15) is 0 Å². The van der Waals surface area contributed by atoms with Crippen LogP contribution < -0.4 is 0 Å². The van der Waals surface area contributed by atoms with Gasteiger partial charge in [0.2, 0.25) is 0 Å². The Morgan fingerprint density at radius 1 is 1.00 bits per heavy atom. The molecule has 0 aliphatic carbocycles. The van der Waals surface area contributed by atoms with Gasteiger partial charge in [-0.1, -0.05) is 53.9 Å². The summed E-state index contributed by atoms with van der Waals surface area (Å²) >= 11 is 0. The lowest BCUT2D eigenvalue weighted by molar-refractivity contribution is -0.147. The normalized spacial score (nSPS) is 19.3. The lowest BCUT2D eigenvalue weighted by atomic mass is 9.73. The Kier molecular flexibility index (Phi) is 6.62. The van der Waals surface area contributed by atoms with Crippen molar-refractivity contribution in [3.63, 3.8) is 0 Å². The second-order valence-electron chi connectivity index (χ2n) is 4.71. The minimum Gasteiger partial charge on any atom is -0.481 e. The predicted molar refractivity (Wildman–Crippen MR) is 63.8 cm³/mol. The first-order valence-electron chi connectivity index (χ1n) is 6.22. The van der Waals surface area contributed by atoms with Gasteiger partial charge in [-0.25, -0.2) is 0 Å². The molecule has 15 heavy (non-hydrogen) atoms. The van der Waals surface area contributed by atoms with E-state index in [1.165, 1.54) is 0 Å². The molecule has 0 saturated heterocycles. The van der Waals surface area contributed by atoms with Gasteiger partial charge >= 0.3 is 5.97 Å². The first kappa shape index (κ1) is 14.5. The Morgan fingerprint density at radius 2 is 1.47 bits per heavy atom. The summed E-state index contributed by atoms with van der Waals surface area (Å²) in [5.74, 6) is 0.320. The SMILES string of the molecule is CCC(C)C(CC)[C@H](C(=O)O)C(C)CC. The molecular weight excluding hydrogens is 188 g/mol. The molecule has 0 aromatic rings. The van der Waals surface area contributed by atoms with Crippen LogP contribution in [0.3, 0.4) is 0 Å². The van der Waals surface area contributed by atoms with Gasteiger partial charge in [0.25, 0.3) is 0 Å². The van der Waals surface area contributed by atoms with Crippen molar-refractivity contribution in [2.24, 2.45) is 23.7 Å².